The maximum Gasteiger partial charge on any atom is 0.275 e. The summed E-state index contributed by atoms with van der Waals surface area (Å²) in [5, 5.41) is 10.3. The number of amides is 1. The highest BCUT2D eigenvalue weighted by molar-refractivity contribution is 7.99. The average molecular weight is 411 g/mol. The third-order valence-corrected chi connectivity index (χ3v) is 6.16. The average Bonchev–Trinajstić information content (AvgIpc) is 3.36. The normalized spacial score (nSPS) is 10.7. The summed E-state index contributed by atoms with van der Waals surface area (Å²) in [5.41, 5.74) is 3.21. The van der Waals surface area contributed by atoms with E-state index in [1.165, 1.54) is 23.1 Å². The molecule has 4 rings (SSSR count). The Kier molecular flexibility index (Phi) is 5.28. The Bertz CT molecular complexity index is 1060. The Morgan fingerprint density at radius 2 is 2.00 bits per heavy atom. The van der Waals surface area contributed by atoms with E-state index in [0.29, 0.717) is 10.9 Å². The number of aryl methyl sites for hydroxylation is 1. The van der Waals surface area contributed by atoms with Crippen LogP contribution in [-0.4, -0.2) is 20.9 Å². The van der Waals surface area contributed by atoms with Crippen molar-refractivity contribution in [2.45, 2.75) is 17.0 Å². The number of aromatic nitrogens is 3. The number of nitrogens with one attached hydrogen (secondary N) is 1. The number of carbonyl (C=O) groups excluding carboxylic acids is 1. The summed E-state index contributed by atoms with van der Waals surface area (Å²) in [4.78, 5) is 26.4. The maximum atomic E-state index is 12.5. The lowest BCUT2D eigenvalue weighted by Gasteiger charge is -2.09. The summed E-state index contributed by atoms with van der Waals surface area (Å²) < 4.78 is 0. The number of nitrogens with zero attached hydrogens (tertiary/aromatic N) is 3. The molecule has 1 N–H and O–H groups in total. The molecular formula is C19H14N4OS3. The lowest BCUT2D eigenvalue weighted by Crippen LogP contribution is -2.13. The zero-order valence-corrected chi connectivity index (χ0v) is 16.7. The second-order valence-corrected chi connectivity index (χ2v) is 8.29. The molecule has 8 heteroatoms. The molecule has 3 aromatic heterocycles. The minimum atomic E-state index is -0.206. The topological polar surface area (TPSA) is 67.8 Å². The van der Waals surface area contributed by atoms with E-state index in [2.05, 4.69) is 20.3 Å². The molecule has 0 spiro atoms. The van der Waals surface area contributed by atoms with Gasteiger partial charge in [-0.2, -0.15) is 11.3 Å². The minimum Gasteiger partial charge on any atom is -0.320 e. The first-order valence-electron chi connectivity index (χ1n) is 8.04. The number of anilines is 1. The van der Waals surface area contributed by atoms with Crippen LogP contribution in [0, 0.1) is 6.92 Å². The smallest absolute Gasteiger partial charge is 0.275 e. The van der Waals surface area contributed by atoms with Crippen LogP contribution in [0.15, 0.2) is 68.9 Å². The fourth-order valence-corrected chi connectivity index (χ4v) is 4.69. The second kappa shape index (κ2) is 7.99. The second-order valence-electron chi connectivity index (χ2n) is 5.61. The Hall–Kier alpha value is -2.55. The van der Waals surface area contributed by atoms with Crippen molar-refractivity contribution < 1.29 is 4.79 Å². The Morgan fingerprint density at radius 3 is 2.74 bits per heavy atom. The molecule has 1 aromatic carbocycles. The van der Waals surface area contributed by atoms with E-state index in [9.17, 15) is 4.79 Å². The molecule has 0 atom stereocenters. The number of thiophene rings is 1. The summed E-state index contributed by atoms with van der Waals surface area (Å²) in [7, 11) is 0. The third kappa shape index (κ3) is 4.24. The van der Waals surface area contributed by atoms with Gasteiger partial charge in [-0.3, -0.25) is 4.79 Å². The molecule has 27 heavy (non-hydrogen) atoms. The van der Waals surface area contributed by atoms with Gasteiger partial charge in [-0.05, 0) is 60.0 Å². The molecule has 0 unspecified atom stereocenters. The quantitative estimate of drug-likeness (QED) is 0.448. The number of rotatable bonds is 5. The van der Waals surface area contributed by atoms with Crippen molar-refractivity contribution in [3.63, 3.8) is 0 Å². The monoisotopic (exact) mass is 410 g/mol. The molecule has 0 fully saturated rings. The van der Waals surface area contributed by atoms with E-state index in [4.69, 9.17) is 0 Å². The minimum absolute atomic E-state index is 0.206. The van der Waals surface area contributed by atoms with Crippen molar-refractivity contribution in [1.82, 2.24) is 15.0 Å². The number of hydrogen-bond acceptors (Lipinski definition) is 7. The number of thiazole rings is 1. The van der Waals surface area contributed by atoms with Crippen LogP contribution in [-0.2, 0) is 0 Å². The molecule has 0 aliphatic carbocycles. The predicted molar refractivity (Wildman–Crippen MR) is 111 cm³/mol. The number of hydrogen-bond donors (Lipinski definition) is 1. The van der Waals surface area contributed by atoms with Crippen LogP contribution in [0.4, 0.5) is 5.69 Å². The van der Waals surface area contributed by atoms with E-state index >= 15 is 0 Å². The molecule has 0 aliphatic rings. The van der Waals surface area contributed by atoms with E-state index in [1.54, 1.807) is 35.2 Å². The van der Waals surface area contributed by atoms with Crippen molar-refractivity contribution in [2.24, 2.45) is 0 Å². The largest absolute Gasteiger partial charge is 0.320 e. The Balaban J connectivity index is 1.47. The lowest BCUT2D eigenvalue weighted by molar-refractivity contribution is 0.102. The van der Waals surface area contributed by atoms with Gasteiger partial charge in [0.25, 0.3) is 5.91 Å². The van der Waals surface area contributed by atoms with Gasteiger partial charge in [-0.25, -0.2) is 15.0 Å². The van der Waals surface area contributed by atoms with Gasteiger partial charge in [0.05, 0.1) is 0 Å². The van der Waals surface area contributed by atoms with Crippen molar-refractivity contribution in [1.29, 1.82) is 0 Å². The standard InChI is InChI=1S/C19H14N4OS3/c1-12-9-14(27-19-20-6-2-7-21-19)3-4-15(12)22-17(24)16-11-26-18(23-16)13-5-8-25-10-13/h2-11H,1H3,(H,22,24). The van der Waals surface area contributed by atoms with E-state index in [1.807, 2.05) is 41.9 Å². The third-order valence-electron chi connectivity index (χ3n) is 3.70. The van der Waals surface area contributed by atoms with Crippen LogP contribution in [0.3, 0.4) is 0 Å². The fourth-order valence-electron chi connectivity index (χ4n) is 2.37. The lowest BCUT2D eigenvalue weighted by atomic mass is 10.2. The highest BCUT2D eigenvalue weighted by Gasteiger charge is 2.13. The Morgan fingerprint density at radius 1 is 1.15 bits per heavy atom. The van der Waals surface area contributed by atoms with Gasteiger partial charge >= 0.3 is 0 Å². The highest BCUT2D eigenvalue weighted by Crippen LogP contribution is 2.29. The zero-order chi connectivity index (χ0) is 18.6. The molecule has 3 heterocycles. The van der Waals surface area contributed by atoms with Gasteiger partial charge < -0.3 is 5.32 Å². The van der Waals surface area contributed by atoms with Crippen molar-refractivity contribution in [3.05, 3.63) is 70.1 Å². The van der Waals surface area contributed by atoms with Gasteiger partial charge in [0.2, 0.25) is 0 Å². The highest BCUT2D eigenvalue weighted by atomic mass is 32.2. The summed E-state index contributed by atoms with van der Waals surface area (Å²) in [6.07, 6.45) is 3.43. The SMILES string of the molecule is Cc1cc(Sc2ncccn2)ccc1NC(=O)c1csc(-c2ccsc2)n1. The molecule has 4 aromatic rings. The van der Waals surface area contributed by atoms with E-state index < -0.39 is 0 Å². The van der Waals surface area contributed by atoms with Gasteiger partial charge in [0, 0.05) is 39.3 Å². The zero-order valence-electron chi connectivity index (χ0n) is 14.2. The first-order valence-corrected chi connectivity index (χ1v) is 10.7. The summed E-state index contributed by atoms with van der Waals surface area (Å²) in [6.45, 7) is 1.96. The molecule has 134 valence electrons. The van der Waals surface area contributed by atoms with Crippen LogP contribution >= 0.6 is 34.4 Å². The van der Waals surface area contributed by atoms with Crippen molar-refractivity contribution >= 4 is 46.0 Å². The summed E-state index contributed by atoms with van der Waals surface area (Å²) in [5.74, 6) is -0.206. The molecular weight excluding hydrogens is 396 g/mol. The van der Waals surface area contributed by atoms with E-state index in [0.717, 1.165) is 26.7 Å². The molecule has 0 saturated carbocycles. The van der Waals surface area contributed by atoms with Gasteiger partial charge in [0.1, 0.15) is 10.7 Å². The first-order chi connectivity index (χ1) is 13.2. The number of benzene rings is 1. The predicted octanol–water partition coefficient (Wildman–Crippen LogP) is 5.37. The first kappa shape index (κ1) is 17.8. The van der Waals surface area contributed by atoms with Crippen LogP contribution in [0.1, 0.15) is 16.1 Å². The molecule has 0 bridgehead atoms. The van der Waals surface area contributed by atoms with Crippen LogP contribution in [0.2, 0.25) is 0 Å². The Labute approximate surface area is 168 Å². The van der Waals surface area contributed by atoms with Crippen LogP contribution in [0.25, 0.3) is 10.6 Å². The molecule has 5 nitrogen and oxygen atoms in total. The van der Waals surface area contributed by atoms with Gasteiger partial charge in [-0.15, -0.1) is 11.3 Å². The van der Waals surface area contributed by atoms with Gasteiger partial charge in [0.15, 0.2) is 5.16 Å². The summed E-state index contributed by atoms with van der Waals surface area (Å²) >= 11 is 4.57. The molecule has 0 saturated heterocycles. The summed E-state index contributed by atoms with van der Waals surface area (Å²) in [6, 6.07) is 9.64. The number of carbonyl (C=O) groups is 1. The van der Waals surface area contributed by atoms with Crippen LogP contribution in [0.5, 0.6) is 0 Å². The molecule has 0 radical (unpaired) electrons. The maximum absolute atomic E-state index is 12.5. The van der Waals surface area contributed by atoms with Crippen molar-refractivity contribution in [2.75, 3.05) is 5.32 Å². The van der Waals surface area contributed by atoms with Crippen molar-refractivity contribution in [3.8, 4) is 10.6 Å². The fraction of sp³-hybridized carbons (Fsp3) is 0.0526. The van der Waals surface area contributed by atoms with Gasteiger partial charge in [-0.1, -0.05) is 0 Å². The molecule has 0 aliphatic heterocycles. The van der Waals surface area contributed by atoms with Crippen LogP contribution < -0.4 is 5.32 Å². The molecule has 1 amide bonds. The van der Waals surface area contributed by atoms with E-state index in [-0.39, 0.29) is 5.91 Å².